The zero-order valence-electron chi connectivity index (χ0n) is 11.7. The van der Waals surface area contributed by atoms with Crippen LogP contribution in [-0.4, -0.2) is 27.0 Å². The van der Waals surface area contributed by atoms with Gasteiger partial charge in [0.05, 0.1) is 5.56 Å². The number of hydrogen-bond acceptors (Lipinski definition) is 4. The summed E-state index contributed by atoms with van der Waals surface area (Å²) in [5.41, 5.74) is 0.890. The quantitative estimate of drug-likeness (QED) is 0.879. The summed E-state index contributed by atoms with van der Waals surface area (Å²) in [7, 11) is -3.67. The fraction of sp³-hybridized carbons (Fsp3) is 0.500. The third-order valence-corrected chi connectivity index (χ3v) is 5.24. The first kappa shape index (κ1) is 15.0. The zero-order chi connectivity index (χ0) is 14.8. The van der Waals surface area contributed by atoms with Crippen LogP contribution < -0.4 is 10.0 Å². The van der Waals surface area contributed by atoms with Crippen LogP contribution in [0.4, 0.5) is 0 Å². The lowest BCUT2D eigenvalue weighted by Gasteiger charge is -2.30. The molecule has 2 unspecified atom stereocenters. The molecule has 1 aliphatic rings. The Morgan fingerprint density at radius 1 is 1.45 bits per heavy atom. The summed E-state index contributed by atoms with van der Waals surface area (Å²) in [6, 6.07) is 6.82. The Morgan fingerprint density at radius 3 is 2.85 bits per heavy atom. The Morgan fingerprint density at radius 2 is 2.20 bits per heavy atom. The third kappa shape index (κ3) is 3.01. The Hall–Kier alpha value is -1.42. The number of piperidine rings is 1. The first-order valence-electron chi connectivity index (χ1n) is 6.71. The summed E-state index contributed by atoms with van der Waals surface area (Å²) >= 11 is 0. The van der Waals surface area contributed by atoms with Crippen LogP contribution in [0.1, 0.15) is 30.9 Å². The SMILES string of the molecule is Cc1cccc(S(=O)(=O)NC2CCCNC2C)c1C#N. The van der Waals surface area contributed by atoms with Gasteiger partial charge in [0.2, 0.25) is 10.0 Å². The maximum atomic E-state index is 12.5. The summed E-state index contributed by atoms with van der Waals surface area (Å²) in [4.78, 5) is 0.0674. The second-order valence-electron chi connectivity index (χ2n) is 5.17. The van der Waals surface area contributed by atoms with Crippen molar-refractivity contribution in [1.29, 1.82) is 5.26 Å². The number of sulfonamides is 1. The van der Waals surface area contributed by atoms with Crippen molar-refractivity contribution < 1.29 is 8.42 Å². The van der Waals surface area contributed by atoms with Crippen molar-refractivity contribution in [1.82, 2.24) is 10.0 Å². The highest BCUT2D eigenvalue weighted by Gasteiger charge is 2.28. The maximum Gasteiger partial charge on any atom is 0.242 e. The van der Waals surface area contributed by atoms with E-state index >= 15 is 0 Å². The zero-order valence-corrected chi connectivity index (χ0v) is 12.5. The minimum absolute atomic E-state index is 0.0674. The molecular weight excluding hydrogens is 274 g/mol. The molecule has 5 nitrogen and oxygen atoms in total. The number of nitrogens with one attached hydrogen (secondary N) is 2. The van der Waals surface area contributed by atoms with Gasteiger partial charge in [0.1, 0.15) is 11.0 Å². The molecule has 0 bridgehead atoms. The maximum absolute atomic E-state index is 12.5. The monoisotopic (exact) mass is 293 g/mol. The Balaban J connectivity index is 2.32. The number of nitriles is 1. The van der Waals surface area contributed by atoms with E-state index in [9.17, 15) is 8.42 Å². The molecule has 0 saturated carbocycles. The summed E-state index contributed by atoms with van der Waals surface area (Å²) in [5, 5.41) is 12.4. The predicted octanol–water partition coefficient (Wildman–Crippen LogP) is 1.29. The van der Waals surface area contributed by atoms with Gasteiger partial charge in [-0.25, -0.2) is 13.1 Å². The van der Waals surface area contributed by atoms with Gasteiger partial charge >= 0.3 is 0 Å². The van der Waals surface area contributed by atoms with Gasteiger partial charge in [-0.2, -0.15) is 5.26 Å². The highest BCUT2D eigenvalue weighted by atomic mass is 32.2. The summed E-state index contributed by atoms with van der Waals surface area (Å²) in [5.74, 6) is 0. The molecule has 0 amide bonds. The van der Waals surface area contributed by atoms with E-state index in [0.717, 1.165) is 19.4 Å². The van der Waals surface area contributed by atoms with Gasteiger partial charge in [-0.1, -0.05) is 12.1 Å². The molecule has 1 aromatic carbocycles. The lowest BCUT2D eigenvalue weighted by Crippen LogP contribution is -2.51. The van der Waals surface area contributed by atoms with E-state index in [0.29, 0.717) is 5.56 Å². The van der Waals surface area contributed by atoms with Crippen molar-refractivity contribution in [3.05, 3.63) is 29.3 Å². The van der Waals surface area contributed by atoms with Gasteiger partial charge in [0, 0.05) is 12.1 Å². The average molecular weight is 293 g/mol. The van der Waals surface area contributed by atoms with E-state index in [-0.39, 0.29) is 22.5 Å². The molecule has 1 aromatic rings. The van der Waals surface area contributed by atoms with Crippen LogP contribution in [0, 0.1) is 18.3 Å². The Labute approximate surface area is 120 Å². The fourth-order valence-electron chi connectivity index (χ4n) is 2.48. The standard InChI is InChI=1S/C14H19N3O2S/c1-10-5-3-7-14(12(10)9-15)20(18,19)17-13-6-4-8-16-11(13)2/h3,5,7,11,13,16-17H,4,6,8H2,1-2H3. The molecule has 108 valence electrons. The Bertz CT molecular complexity index is 634. The molecule has 20 heavy (non-hydrogen) atoms. The first-order chi connectivity index (χ1) is 9.45. The van der Waals surface area contributed by atoms with E-state index in [1.165, 1.54) is 6.07 Å². The van der Waals surface area contributed by atoms with Crippen molar-refractivity contribution in [2.24, 2.45) is 0 Å². The van der Waals surface area contributed by atoms with E-state index in [4.69, 9.17) is 5.26 Å². The van der Waals surface area contributed by atoms with Crippen molar-refractivity contribution in [3.63, 3.8) is 0 Å². The number of nitrogens with zero attached hydrogens (tertiary/aromatic N) is 1. The molecule has 0 aliphatic carbocycles. The van der Waals surface area contributed by atoms with Crippen LogP contribution in [-0.2, 0) is 10.0 Å². The Kier molecular flexibility index (Phi) is 4.43. The molecular formula is C14H19N3O2S. The van der Waals surface area contributed by atoms with E-state index in [1.807, 2.05) is 13.0 Å². The number of hydrogen-bond donors (Lipinski definition) is 2. The van der Waals surface area contributed by atoms with E-state index in [1.54, 1.807) is 19.1 Å². The molecule has 2 atom stereocenters. The molecule has 0 radical (unpaired) electrons. The van der Waals surface area contributed by atoms with Crippen LogP contribution in [0.5, 0.6) is 0 Å². The molecule has 6 heteroatoms. The highest BCUT2D eigenvalue weighted by Crippen LogP contribution is 2.20. The minimum atomic E-state index is -3.67. The van der Waals surface area contributed by atoms with E-state index < -0.39 is 10.0 Å². The summed E-state index contributed by atoms with van der Waals surface area (Å²) in [6.07, 6.45) is 1.75. The van der Waals surface area contributed by atoms with Gasteiger partial charge in [-0.3, -0.25) is 0 Å². The average Bonchev–Trinajstić information content (AvgIpc) is 2.41. The smallest absolute Gasteiger partial charge is 0.242 e. The third-order valence-electron chi connectivity index (χ3n) is 3.70. The lowest BCUT2D eigenvalue weighted by molar-refractivity contribution is 0.349. The minimum Gasteiger partial charge on any atom is -0.313 e. The van der Waals surface area contributed by atoms with Crippen molar-refractivity contribution in [3.8, 4) is 6.07 Å². The van der Waals surface area contributed by atoms with Gasteiger partial charge in [0.15, 0.2) is 0 Å². The van der Waals surface area contributed by atoms with Gasteiger partial charge < -0.3 is 5.32 Å². The second-order valence-corrected chi connectivity index (χ2v) is 6.86. The van der Waals surface area contributed by atoms with Crippen LogP contribution in [0.2, 0.25) is 0 Å². The van der Waals surface area contributed by atoms with Gasteiger partial charge in [-0.05, 0) is 44.9 Å². The number of benzene rings is 1. The normalized spacial score (nSPS) is 23.2. The number of rotatable bonds is 3. The topological polar surface area (TPSA) is 82.0 Å². The van der Waals surface area contributed by atoms with Crippen LogP contribution in [0.3, 0.4) is 0 Å². The molecule has 1 fully saturated rings. The van der Waals surface area contributed by atoms with Crippen LogP contribution in [0.25, 0.3) is 0 Å². The van der Waals surface area contributed by atoms with E-state index in [2.05, 4.69) is 10.0 Å². The number of aryl methyl sites for hydroxylation is 1. The molecule has 1 saturated heterocycles. The van der Waals surface area contributed by atoms with Crippen LogP contribution >= 0.6 is 0 Å². The molecule has 2 rings (SSSR count). The van der Waals surface area contributed by atoms with Crippen molar-refractivity contribution >= 4 is 10.0 Å². The van der Waals surface area contributed by atoms with Gasteiger partial charge in [0.25, 0.3) is 0 Å². The predicted molar refractivity (Wildman–Crippen MR) is 76.7 cm³/mol. The summed E-state index contributed by atoms with van der Waals surface area (Å²) < 4.78 is 27.7. The summed E-state index contributed by atoms with van der Waals surface area (Å²) in [6.45, 7) is 4.61. The molecule has 1 heterocycles. The van der Waals surface area contributed by atoms with Crippen molar-refractivity contribution in [2.45, 2.75) is 43.7 Å². The fourth-order valence-corrected chi connectivity index (χ4v) is 4.06. The highest BCUT2D eigenvalue weighted by molar-refractivity contribution is 7.89. The molecule has 0 aromatic heterocycles. The van der Waals surface area contributed by atoms with Crippen molar-refractivity contribution in [2.75, 3.05) is 6.54 Å². The van der Waals surface area contributed by atoms with Gasteiger partial charge in [-0.15, -0.1) is 0 Å². The molecule has 1 aliphatic heterocycles. The lowest BCUT2D eigenvalue weighted by atomic mass is 10.0. The molecule has 2 N–H and O–H groups in total. The first-order valence-corrected chi connectivity index (χ1v) is 8.19. The van der Waals surface area contributed by atoms with Crippen LogP contribution in [0.15, 0.2) is 23.1 Å². The largest absolute Gasteiger partial charge is 0.313 e. The molecule has 0 spiro atoms. The second kappa shape index (κ2) is 5.92.